The number of methoxy groups -OCH3 is 1. The highest BCUT2D eigenvalue weighted by atomic mass is 16.7. The number of hydrogen-bond donors (Lipinski definition) is 6. The number of Topliss-reactive ketones (excluding diaryl/α,β-unsaturated/α-hetero) is 2. The van der Waals surface area contributed by atoms with E-state index in [-0.39, 0.29) is 27.8 Å². The number of carbonyl (C=O) groups is 2. The zero-order valence-corrected chi connectivity index (χ0v) is 19.5. The van der Waals surface area contributed by atoms with E-state index in [1.165, 1.54) is 19.1 Å². The summed E-state index contributed by atoms with van der Waals surface area (Å²) in [6.07, 6.45) is -6.30. The summed E-state index contributed by atoms with van der Waals surface area (Å²) >= 11 is 0. The lowest BCUT2D eigenvalue weighted by Crippen LogP contribution is -2.60. The molecule has 6 N–H and O–H groups in total. The van der Waals surface area contributed by atoms with Gasteiger partial charge in [-0.25, -0.2) is 4.79 Å². The van der Waals surface area contributed by atoms with Crippen LogP contribution in [0.4, 0.5) is 0 Å². The second-order valence-electron chi connectivity index (χ2n) is 9.07. The highest BCUT2D eigenvalue weighted by Gasteiger charge is 2.65. The molecule has 4 atom stereocenters. The number of carbonyl (C=O) groups excluding carboxylic acids is 2. The predicted octanol–water partition coefficient (Wildman–Crippen LogP) is 0.434. The van der Waals surface area contributed by atoms with E-state index in [1.54, 1.807) is 0 Å². The van der Waals surface area contributed by atoms with Gasteiger partial charge in [-0.2, -0.15) is 0 Å². The Balaban J connectivity index is 1.52. The van der Waals surface area contributed by atoms with Crippen molar-refractivity contribution in [3.8, 4) is 28.7 Å². The van der Waals surface area contributed by atoms with Crippen molar-refractivity contribution in [3.63, 3.8) is 0 Å². The standard InChI is InChI=1S/C25H18O13/c1-6-3-7-4-8-15(27)23(33)25(37-20(8)18(30)11(7)24(34)36-6)22(32)14-17(29)12-9(26)5-10(35-2)16(28)13(12)19(31)21(14)38-25/h3-5,15,22-23,26-28,30,32-33H,1-2H3/t15-,22-,23+,25-/m1/s1. The van der Waals surface area contributed by atoms with Gasteiger partial charge < -0.3 is 49.3 Å². The van der Waals surface area contributed by atoms with Crippen LogP contribution >= 0.6 is 0 Å². The molecule has 0 saturated carbocycles. The molecule has 0 saturated heterocycles. The predicted molar refractivity (Wildman–Crippen MR) is 122 cm³/mol. The Hall–Kier alpha value is -4.59. The van der Waals surface area contributed by atoms with Crippen molar-refractivity contribution in [2.45, 2.75) is 31.0 Å². The molecule has 0 amide bonds. The minimum atomic E-state index is -2.75. The van der Waals surface area contributed by atoms with Crippen LogP contribution in [-0.2, 0) is 4.74 Å². The number of phenols is 3. The fourth-order valence-corrected chi connectivity index (χ4v) is 5.18. The molecule has 0 unspecified atom stereocenters. The van der Waals surface area contributed by atoms with Gasteiger partial charge in [0.2, 0.25) is 5.78 Å². The van der Waals surface area contributed by atoms with Crippen molar-refractivity contribution in [1.82, 2.24) is 0 Å². The van der Waals surface area contributed by atoms with Crippen molar-refractivity contribution in [2.75, 3.05) is 7.11 Å². The largest absolute Gasteiger partial charge is 0.507 e. The van der Waals surface area contributed by atoms with E-state index in [0.29, 0.717) is 0 Å². The number of aryl methyl sites for hydroxylation is 1. The number of hydrogen-bond acceptors (Lipinski definition) is 13. The van der Waals surface area contributed by atoms with Crippen molar-refractivity contribution < 1.29 is 58.9 Å². The van der Waals surface area contributed by atoms with Gasteiger partial charge in [0.15, 0.2) is 46.7 Å². The smallest absolute Gasteiger partial charge is 0.347 e. The molecule has 1 aliphatic carbocycles. The molecule has 0 bridgehead atoms. The third-order valence-electron chi connectivity index (χ3n) is 6.95. The van der Waals surface area contributed by atoms with Crippen molar-refractivity contribution in [2.24, 2.45) is 0 Å². The van der Waals surface area contributed by atoms with E-state index in [4.69, 9.17) is 18.6 Å². The van der Waals surface area contributed by atoms with Crippen LogP contribution in [0.1, 0.15) is 38.1 Å². The molecule has 1 spiro atoms. The average molecular weight is 526 g/mol. The number of aromatic hydroxyl groups is 3. The summed E-state index contributed by atoms with van der Waals surface area (Å²) in [7, 11) is 1.15. The van der Waals surface area contributed by atoms with Gasteiger partial charge in [0.05, 0.1) is 23.8 Å². The highest BCUT2D eigenvalue weighted by Crippen LogP contribution is 2.55. The fourth-order valence-electron chi connectivity index (χ4n) is 5.18. The Morgan fingerprint density at radius 1 is 0.921 bits per heavy atom. The third-order valence-corrected chi connectivity index (χ3v) is 6.95. The lowest BCUT2D eigenvalue weighted by molar-refractivity contribution is -0.271. The first-order valence-corrected chi connectivity index (χ1v) is 11.1. The highest BCUT2D eigenvalue weighted by molar-refractivity contribution is 6.29. The Labute approximate surface area is 211 Å². The molecule has 1 aromatic heterocycles. The molecule has 13 heteroatoms. The summed E-state index contributed by atoms with van der Waals surface area (Å²) in [5.41, 5.74) is -3.18. The fraction of sp³-hybridized carbons (Fsp3) is 0.240. The van der Waals surface area contributed by atoms with Crippen LogP contribution in [0.5, 0.6) is 28.7 Å². The van der Waals surface area contributed by atoms with Gasteiger partial charge in [0.1, 0.15) is 23.0 Å². The number of ether oxygens (including phenoxy) is 3. The van der Waals surface area contributed by atoms with Crippen molar-refractivity contribution >= 4 is 22.3 Å². The van der Waals surface area contributed by atoms with E-state index in [9.17, 15) is 45.0 Å². The summed E-state index contributed by atoms with van der Waals surface area (Å²) < 4.78 is 21.2. The molecule has 3 heterocycles. The molecule has 13 nitrogen and oxygen atoms in total. The first kappa shape index (κ1) is 23.8. The molecular formula is C25H18O13. The second kappa shape index (κ2) is 7.47. The summed E-state index contributed by atoms with van der Waals surface area (Å²) in [6.45, 7) is 1.49. The molecule has 3 aliphatic rings. The minimum Gasteiger partial charge on any atom is -0.507 e. The van der Waals surface area contributed by atoms with E-state index in [2.05, 4.69) is 0 Å². The first-order valence-electron chi connectivity index (χ1n) is 11.1. The zero-order valence-electron chi connectivity index (χ0n) is 19.5. The summed E-state index contributed by atoms with van der Waals surface area (Å²) in [5.74, 6) is -8.91. The number of aliphatic hydroxyl groups is 3. The van der Waals surface area contributed by atoms with Crippen LogP contribution < -0.4 is 15.1 Å². The number of allylic oxidation sites excluding steroid dienone is 1. The topological polar surface area (TPSA) is 213 Å². The average Bonchev–Trinajstić information content (AvgIpc) is 3.16. The normalized spacial score (nSPS) is 25.7. The number of aliphatic hydroxyl groups excluding tert-OH is 3. The number of fused-ring (bicyclic) bond motifs is 3. The van der Waals surface area contributed by atoms with Crippen LogP contribution in [-0.4, -0.2) is 67.3 Å². The molecular weight excluding hydrogens is 508 g/mol. The minimum absolute atomic E-state index is 0.159. The molecule has 2 aliphatic heterocycles. The van der Waals surface area contributed by atoms with E-state index < -0.39 is 86.7 Å². The van der Waals surface area contributed by atoms with Crippen LogP contribution in [0, 0.1) is 6.92 Å². The maximum Gasteiger partial charge on any atom is 0.347 e. The van der Waals surface area contributed by atoms with Gasteiger partial charge in [-0.05, 0) is 24.4 Å². The molecule has 2 aromatic carbocycles. The molecule has 38 heavy (non-hydrogen) atoms. The molecule has 6 rings (SSSR count). The lowest BCUT2D eigenvalue weighted by atomic mass is 9.82. The summed E-state index contributed by atoms with van der Waals surface area (Å²) in [6, 6.07) is 3.56. The van der Waals surface area contributed by atoms with Gasteiger partial charge in [-0.1, -0.05) is 0 Å². The maximum absolute atomic E-state index is 13.3. The van der Waals surface area contributed by atoms with Gasteiger partial charge in [-0.15, -0.1) is 0 Å². The van der Waals surface area contributed by atoms with Gasteiger partial charge >= 0.3 is 11.4 Å². The first-order chi connectivity index (χ1) is 17.9. The van der Waals surface area contributed by atoms with Gasteiger partial charge in [-0.3, -0.25) is 9.59 Å². The Morgan fingerprint density at radius 3 is 2.32 bits per heavy atom. The quantitative estimate of drug-likeness (QED) is 0.238. The zero-order chi connectivity index (χ0) is 27.4. The third kappa shape index (κ3) is 2.72. The van der Waals surface area contributed by atoms with Crippen molar-refractivity contribution in [3.05, 3.63) is 62.4 Å². The Kier molecular flexibility index (Phi) is 4.68. The maximum atomic E-state index is 13.3. The molecule has 196 valence electrons. The van der Waals surface area contributed by atoms with Gasteiger partial charge in [0, 0.05) is 11.6 Å². The summed E-state index contributed by atoms with van der Waals surface area (Å²) in [4.78, 5) is 39.1. The number of benzene rings is 2. The van der Waals surface area contributed by atoms with Crippen LogP contribution in [0.25, 0.3) is 10.8 Å². The van der Waals surface area contributed by atoms with E-state index in [1.807, 2.05) is 0 Å². The molecule has 0 fully saturated rings. The van der Waals surface area contributed by atoms with Crippen LogP contribution in [0.3, 0.4) is 0 Å². The Morgan fingerprint density at radius 2 is 1.63 bits per heavy atom. The second-order valence-corrected chi connectivity index (χ2v) is 9.07. The van der Waals surface area contributed by atoms with Crippen molar-refractivity contribution in [1.29, 1.82) is 0 Å². The SMILES string of the molecule is COc1cc(O)c2c(c1O)C(=O)C1=C(C2=O)[C@@H](O)[C@]2(O1)Oc1c(cc3cc(C)oc(=O)c3c1O)[C@@H](O)[C@@H]2O. The van der Waals surface area contributed by atoms with Gasteiger partial charge in [0.25, 0.3) is 0 Å². The number of rotatable bonds is 1. The number of ketones is 2. The van der Waals surface area contributed by atoms with E-state index in [0.717, 1.165) is 13.2 Å². The monoisotopic (exact) mass is 526 g/mol. The Bertz CT molecular complexity index is 1710. The van der Waals surface area contributed by atoms with E-state index >= 15 is 0 Å². The van der Waals surface area contributed by atoms with Crippen LogP contribution in [0.15, 0.2) is 38.7 Å². The molecule has 3 aromatic rings. The number of phenolic OH excluding ortho intramolecular Hbond substituents is 3. The summed E-state index contributed by atoms with van der Waals surface area (Å²) in [5, 5.41) is 64.8. The lowest BCUT2D eigenvalue weighted by Gasteiger charge is -2.43. The van der Waals surface area contributed by atoms with Crippen LogP contribution in [0.2, 0.25) is 0 Å². The molecule has 0 radical (unpaired) electrons.